The number of pyridine rings is 1. The van der Waals surface area contributed by atoms with Gasteiger partial charge in [-0.2, -0.15) is 0 Å². The predicted octanol–water partition coefficient (Wildman–Crippen LogP) is 1.70. The minimum atomic E-state index is 0.0809. The first-order valence-electron chi connectivity index (χ1n) is 4.87. The van der Waals surface area contributed by atoms with Gasteiger partial charge in [-0.15, -0.1) is 0 Å². The fourth-order valence-electron chi connectivity index (χ4n) is 2.08. The lowest BCUT2D eigenvalue weighted by atomic mass is 9.84. The highest BCUT2D eigenvalue weighted by Crippen LogP contribution is 2.26. The highest BCUT2D eigenvalue weighted by atomic mass is 16.3. The van der Waals surface area contributed by atoms with Crippen LogP contribution in [-0.4, -0.2) is 10.1 Å². The number of nitrogens with zero attached hydrogens (tertiary/aromatic N) is 1. The highest BCUT2D eigenvalue weighted by molar-refractivity contribution is 5.32. The van der Waals surface area contributed by atoms with Crippen molar-refractivity contribution in [3.63, 3.8) is 0 Å². The molecule has 0 saturated heterocycles. The van der Waals surface area contributed by atoms with Crippen molar-refractivity contribution in [3.8, 4) is 0 Å². The van der Waals surface area contributed by atoms with Crippen LogP contribution in [0.2, 0.25) is 0 Å². The first-order valence-corrected chi connectivity index (χ1v) is 4.87. The van der Waals surface area contributed by atoms with Crippen molar-refractivity contribution in [3.05, 3.63) is 29.1 Å². The Hall–Kier alpha value is -0.890. The van der Waals surface area contributed by atoms with Gasteiger partial charge in [0.05, 0.1) is 12.3 Å². The molecule has 2 rings (SSSR count). The Bertz CT molecular complexity index is 309. The van der Waals surface area contributed by atoms with Crippen LogP contribution in [0, 0.1) is 5.92 Å². The summed E-state index contributed by atoms with van der Waals surface area (Å²) in [6, 6.07) is 2.09. The van der Waals surface area contributed by atoms with Crippen LogP contribution < -0.4 is 0 Å². The Balaban J connectivity index is 2.39. The van der Waals surface area contributed by atoms with Crippen LogP contribution in [0.3, 0.4) is 0 Å². The summed E-state index contributed by atoms with van der Waals surface area (Å²) in [5.41, 5.74) is 3.56. The van der Waals surface area contributed by atoms with Crippen LogP contribution in [0.15, 0.2) is 12.3 Å². The van der Waals surface area contributed by atoms with E-state index in [0.717, 1.165) is 24.5 Å². The number of hydrogen-bond acceptors (Lipinski definition) is 2. The second-order valence-corrected chi connectivity index (χ2v) is 3.90. The van der Waals surface area contributed by atoms with E-state index in [1.54, 1.807) is 0 Å². The van der Waals surface area contributed by atoms with E-state index >= 15 is 0 Å². The Morgan fingerprint density at radius 1 is 1.62 bits per heavy atom. The molecule has 0 bridgehead atoms. The van der Waals surface area contributed by atoms with Gasteiger partial charge in [0.15, 0.2) is 0 Å². The normalized spacial score (nSPS) is 21.2. The molecule has 1 aliphatic carbocycles. The fourth-order valence-corrected chi connectivity index (χ4v) is 2.08. The number of fused-ring (bicyclic) bond motifs is 1. The predicted molar refractivity (Wildman–Crippen MR) is 51.3 cm³/mol. The Labute approximate surface area is 78.6 Å². The summed E-state index contributed by atoms with van der Waals surface area (Å²) in [6.45, 7) is 2.36. The van der Waals surface area contributed by atoms with Gasteiger partial charge in [-0.25, -0.2) is 0 Å². The number of aliphatic hydroxyl groups excluding tert-OH is 1. The van der Waals surface area contributed by atoms with Gasteiger partial charge in [0, 0.05) is 6.20 Å². The lowest BCUT2D eigenvalue weighted by Crippen LogP contribution is -2.14. The summed E-state index contributed by atoms with van der Waals surface area (Å²) in [5, 5.41) is 9.10. The monoisotopic (exact) mass is 177 g/mol. The van der Waals surface area contributed by atoms with E-state index in [1.807, 2.05) is 6.20 Å². The third-order valence-corrected chi connectivity index (χ3v) is 2.85. The molecule has 0 amide bonds. The van der Waals surface area contributed by atoms with Crippen LogP contribution >= 0.6 is 0 Å². The van der Waals surface area contributed by atoms with Gasteiger partial charge in [0.2, 0.25) is 0 Å². The molecule has 2 nitrogen and oxygen atoms in total. The summed E-state index contributed by atoms with van der Waals surface area (Å²) in [7, 11) is 0. The van der Waals surface area contributed by atoms with E-state index in [4.69, 9.17) is 5.11 Å². The molecular formula is C11H15NO. The van der Waals surface area contributed by atoms with Crippen molar-refractivity contribution in [1.82, 2.24) is 4.98 Å². The summed E-state index contributed by atoms with van der Waals surface area (Å²) >= 11 is 0. The van der Waals surface area contributed by atoms with Crippen LogP contribution in [0.5, 0.6) is 0 Å². The lowest BCUT2D eigenvalue weighted by Gasteiger charge is -2.22. The molecule has 0 fully saturated rings. The van der Waals surface area contributed by atoms with E-state index in [2.05, 4.69) is 18.0 Å². The molecule has 0 aliphatic heterocycles. The van der Waals surface area contributed by atoms with Crippen molar-refractivity contribution in [2.24, 2.45) is 5.92 Å². The maximum absolute atomic E-state index is 9.10. The molecular weight excluding hydrogens is 162 g/mol. The molecule has 0 spiro atoms. The zero-order valence-electron chi connectivity index (χ0n) is 7.95. The largest absolute Gasteiger partial charge is 0.390 e. The summed E-state index contributed by atoms with van der Waals surface area (Å²) < 4.78 is 0. The number of hydrogen-bond donors (Lipinski definition) is 1. The smallest absolute Gasteiger partial charge is 0.0855 e. The summed E-state index contributed by atoms with van der Waals surface area (Å²) in [6.07, 6.45) is 5.26. The van der Waals surface area contributed by atoms with Crippen LogP contribution in [0.1, 0.15) is 30.2 Å². The van der Waals surface area contributed by atoms with Gasteiger partial charge in [0.25, 0.3) is 0 Å². The molecule has 1 aromatic heterocycles. The molecule has 13 heavy (non-hydrogen) atoms. The van der Waals surface area contributed by atoms with Crippen molar-refractivity contribution >= 4 is 0 Å². The van der Waals surface area contributed by atoms with E-state index in [1.165, 1.54) is 17.5 Å². The van der Waals surface area contributed by atoms with Crippen molar-refractivity contribution < 1.29 is 5.11 Å². The minimum Gasteiger partial charge on any atom is -0.390 e. The van der Waals surface area contributed by atoms with E-state index in [0.29, 0.717) is 0 Å². The van der Waals surface area contributed by atoms with Crippen LogP contribution in [0.4, 0.5) is 0 Å². The molecule has 1 unspecified atom stereocenters. The first-order chi connectivity index (χ1) is 6.31. The van der Waals surface area contributed by atoms with Crippen molar-refractivity contribution in [1.29, 1.82) is 0 Å². The van der Waals surface area contributed by atoms with E-state index in [9.17, 15) is 0 Å². The average Bonchev–Trinajstić information content (AvgIpc) is 2.16. The van der Waals surface area contributed by atoms with E-state index in [-0.39, 0.29) is 6.61 Å². The van der Waals surface area contributed by atoms with Gasteiger partial charge < -0.3 is 5.11 Å². The van der Waals surface area contributed by atoms with Gasteiger partial charge in [-0.1, -0.05) is 6.92 Å². The molecule has 70 valence electrons. The topological polar surface area (TPSA) is 33.1 Å². The molecule has 0 aromatic carbocycles. The van der Waals surface area contributed by atoms with Gasteiger partial charge in [0.1, 0.15) is 0 Å². The van der Waals surface area contributed by atoms with Crippen LogP contribution in [0.25, 0.3) is 0 Å². The van der Waals surface area contributed by atoms with Crippen molar-refractivity contribution in [2.45, 2.75) is 32.8 Å². The van der Waals surface area contributed by atoms with Crippen molar-refractivity contribution in [2.75, 3.05) is 0 Å². The molecule has 1 N–H and O–H groups in total. The van der Waals surface area contributed by atoms with Gasteiger partial charge >= 0.3 is 0 Å². The number of aliphatic hydroxyl groups is 1. The molecule has 1 heterocycles. The maximum Gasteiger partial charge on any atom is 0.0855 e. The Kier molecular flexibility index (Phi) is 2.32. The molecule has 1 atom stereocenters. The summed E-state index contributed by atoms with van der Waals surface area (Å²) in [4.78, 5) is 4.19. The highest BCUT2D eigenvalue weighted by Gasteiger charge is 2.17. The second-order valence-electron chi connectivity index (χ2n) is 3.90. The molecule has 1 aromatic rings. The Morgan fingerprint density at radius 3 is 3.23 bits per heavy atom. The quantitative estimate of drug-likeness (QED) is 0.708. The molecule has 1 aliphatic rings. The second kappa shape index (κ2) is 3.46. The molecule has 2 heteroatoms. The average molecular weight is 177 g/mol. The zero-order valence-corrected chi connectivity index (χ0v) is 7.95. The molecule has 0 saturated carbocycles. The zero-order chi connectivity index (χ0) is 9.26. The van der Waals surface area contributed by atoms with Gasteiger partial charge in [-0.3, -0.25) is 4.98 Å². The van der Waals surface area contributed by atoms with E-state index < -0.39 is 0 Å². The lowest BCUT2D eigenvalue weighted by molar-refractivity contribution is 0.274. The molecule has 0 radical (unpaired) electrons. The van der Waals surface area contributed by atoms with Crippen LogP contribution in [-0.2, 0) is 19.4 Å². The third kappa shape index (κ3) is 1.59. The summed E-state index contributed by atoms with van der Waals surface area (Å²) in [5.74, 6) is 0.779. The first kappa shape index (κ1) is 8.70. The Morgan fingerprint density at radius 2 is 2.46 bits per heavy atom. The van der Waals surface area contributed by atoms with Gasteiger partial charge in [-0.05, 0) is 42.4 Å². The SMILES string of the molecule is CC1CCc2c(ccnc2CO)C1. The third-order valence-electron chi connectivity index (χ3n) is 2.85. The number of rotatable bonds is 1. The standard InChI is InChI=1S/C11H15NO/c1-8-2-3-10-9(6-8)4-5-12-11(10)7-13/h4-5,8,13H,2-3,6-7H2,1H3. The fraction of sp³-hybridized carbons (Fsp3) is 0.545. The maximum atomic E-state index is 9.10. The number of aromatic nitrogens is 1. The minimum absolute atomic E-state index is 0.0809.